The van der Waals surface area contributed by atoms with Crippen LogP contribution in [0.4, 0.5) is 5.95 Å². The summed E-state index contributed by atoms with van der Waals surface area (Å²) in [6.45, 7) is 8.71. The smallest absolute Gasteiger partial charge is 0.254 e. The van der Waals surface area contributed by atoms with Gasteiger partial charge in [-0.05, 0) is 32.9 Å². The predicted molar refractivity (Wildman–Crippen MR) is 87.8 cm³/mol. The van der Waals surface area contributed by atoms with E-state index in [0.717, 1.165) is 38.4 Å². The molecule has 7 heteroatoms. The molecule has 2 fully saturated rings. The van der Waals surface area contributed by atoms with Crippen LogP contribution in [0.5, 0.6) is 0 Å². The van der Waals surface area contributed by atoms with Crippen molar-refractivity contribution in [1.29, 1.82) is 0 Å². The van der Waals surface area contributed by atoms with Gasteiger partial charge < -0.3 is 19.9 Å². The lowest BCUT2D eigenvalue weighted by Gasteiger charge is -2.27. The van der Waals surface area contributed by atoms with Crippen LogP contribution in [0.3, 0.4) is 0 Å². The number of ether oxygens (including phenoxy) is 1. The van der Waals surface area contributed by atoms with Gasteiger partial charge in [-0.15, -0.1) is 0 Å². The first kappa shape index (κ1) is 16.1. The molecule has 7 nitrogen and oxygen atoms in total. The van der Waals surface area contributed by atoms with Crippen LogP contribution >= 0.6 is 0 Å². The number of likely N-dealkylation sites (tertiary alicyclic amines) is 1. The Morgan fingerprint density at radius 1 is 1.26 bits per heavy atom. The van der Waals surface area contributed by atoms with Gasteiger partial charge in [0, 0.05) is 32.4 Å². The third kappa shape index (κ3) is 4.17. The number of carbonyl (C=O) groups is 1. The first-order valence-electron chi connectivity index (χ1n) is 8.41. The zero-order valence-electron chi connectivity index (χ0n) is 13.8. The largest absolute Gasteiger partial charge is 0.378 e. The number of carbonyl (C=O) groups excluding carboxylic acids is 1. The van der Waals surface area contributed by atoms with Crippen LogP contribution < -0.4 is 10.2 Å². The number of hydrogen-bond donors (Lipinski definition) is 1. The van der Waals surface area contributed by atoms with Crippen molar-refractivity contribution in [1.82, 2.24) is 20.2 Å². The molecule has 2 saturated heterocycles. The van der Waals surface area contributed by atoms with Crippen LogP contribution in [0.15, 0.2) is 6.20 Å². The molecule has 2 aliphatic heterocycles. The van der Waals surface area contributed by atoms with Crippen LogP contribution in [0.25, 0.3) is 0 Å². The molecule has 1 amide bonds. The van der Waals surface area contributed by atoms with Gasteiger partial charge in [0.1, 0.15) is 0 Å². The monoisotopic (exact) mass is 319 g/mol. The molecule has 0 spiro atoms. The summed E-state index contributed by atoms with van der Waals surface area (Å²) in [7, 11) is 0. The molecular formula is C16H25N5O2. The molecule has 126 valence electrons. The van der Waals surface area contributed by atoms with Crippen LogP contribution in [0.2, 0.25) is 0 Å². The molecule has 3 rings (SSSR count). The molecule has 0 unspecified atom stereocenters. The molecule has 0 aromatic carbocycles. The number of hydrogen-bond acceptors (Lipinski definition) is 6. The van der Waals surface area contributed by atoms with Gasteiger partial charge in [-0.25, -0.2) is 9.97 Å². The highest BCUT2D eigenvalue weighted by molar-refractivity contribution is 5.94. The Bertz CT molecular complexity index is 539. The van der Waals surface area contributed by atoms with Crippen molar-refractivity contribution in [2.45, 2.75) is 19.8 Å². The standard InChI is InChI=1S/C16H25N5O2/c1-13-14(15(22)17-4-7-20-5-2-3-6-20)12-18-16(19-13)21-8-10-23-11-9-21/h12H,2-11H2,1H3,(H,17,22). The Kier molecular flexibility index (Phi) is 5.40. The third-order valence-corrected chi connectivity index (χ3v) is 4.42. The number of nitrogens with one attached hydrogen (secondary N) is 1. The molecule has 0 radical (unpaired) electrons. The number of anilines is 1. The van der Waals surface area contributed by atoms with Crippen molar-refractivity contribution in [3.05, 3.63) is 17.5 Å². The molecule has 1 aromatic rings. The summed E-state index contributed by atoms with van der Waals surface area (Å²) in [5.41, 5.74) is 1.28. The van der Waals surface area contributed by atoms with Gasteiger partial charge in [-0.1, -0.05) is 0 Å². The molecule has 3 heterocycles. The van der Waals surface area contributed by atoms with Gasteiger partial charge in [-0.2, -0.15) is 0 Å². The highest BCUT2D eigenvalue weighted by atomic mass is 16.5. The zero-order chi connectivity index (χ0) is 16.1. The number of amides is 1. The third-order valence-electron chi connectivity index (χ3n) is 4.42. The molecule has 0 bridgehead atoms. The topological polar surface area (TPSA) is 70.6 Å². The molecule has 2 aliphatic rings. The zero-order valence-corrected chi connectivity index (χ0v) is 13.8. The van der Waals surface area contributed by atoms with Gasteiger partial charge in [0.05, 0.1) is 24.5 Å². The van der Waals surface area contributed by atoms with Crippen LogP contribution in [-0.4, -0.2) is 73.3 Å². The quantitative estimate of drug-likeness (QED) is 0.849. The number of aryl methyl sites for hydroxylation is 1. The van der Waals surface area contributed by atoms with Crippen molar-refractivity contribution in [2.24, 2.45) is 0 Å². The van der Waals surface area contributed by atoms with Crippen LogP contribution in [-0.2, 0) is 4.74 Å². The van der Waals surface area contributed by atoms with E-state index in [0.29, 0.717) is 31.3 Å². The minimum absolute atomic E-state index is 0.0878. The number of morpholine rings is 1. The molecule has 23 heavy (non-hydrogen) atoms. The fourth-order valence-corrected chi connectivity index (χ4v) is 3.02. The van der Waals surface area contributed by atoms with E-state index in [9.17, 15) is 4.79 Å². The van der Waals surface area contributed by atoms with Gasteiger partial charge in [-0.3, -0.25) is 4.79 Å². The van der Waals surface area contributed by atoms with Gasteiger partial charge in [0.15, 0.2) is 0 Å². The lowest BCUT2D eigenvalue weighted by molar-refractivity contribution is 0.0948. The molecule has 0 atom stereocenters. The van der Waals surface area contributed by atoms with Crippen molar-refractivity contribution >= 4 is 11.9 Å². The van der Waals surface area contributed by atoms with Crippen LogP contribution in [0, 0.1) is 6.92 Å². The number of nitrogens with zero attached hydrogens (tertiary/aromatic N) is 4. The van der Waals surface area contributed by atoms with E-state index in [-0.39, 0.29) is 5.91 Å². The highest BCUT2D eigenvalue weighted by Gasteiger charge is 2.17. The maximum Gasteiger partial charge on any atom is 0.254 e. The summed E-state index contributed by atoms with van der Waals surface area (Å²) in [4.78, 5) is 25.6. The first-order chi connectivity index (χ1) is 11.2. The lowest BCUT2D eigenvalue weighted by Crippen LogP contribution is -2.38. The lowest BCUT2D eigenvalue weighted by atomic mass is 10.2. The molecule has 0 saturated carbocycles. The van der Waals surface area contributed by atoms with Crippen LogP contribution in [0.1, 0.15) is 28.9 Å². The average molecular weight is 319 g/mol. The summed E-state index contributed by atoms with van der Waals surface area (Å²) in [6, 6.07) is 0. The minimum Gasteiger partial charge on any atom is -0.378 e. The van der Waals surface area contributed by atoms with E-state index < -0.39 is 0 Å². The van der Waals surface area contributed by atoms with Crippen molar-refractivity contribution in [2.75, 3.05) is 57.4 Å². The summed E-state index contributed by atoms with van der Waals surface area (Å²) < 4.78 is 5.33. The highest BCUT2D eigenvalue weighted by Crippen LogP contribution is 2.13. The van der Waals surface area contributed by atoms with E-state index in [1.54, 1.807) is 6.20 Å². The second-order valence-electron chi connectivity index (χ2n) is 6.07. The summed E-state index contributed by atoms with van der Waals surface area (Å²) in [6.07, 6.45) is 4.17. The van der Waals surface area contributed by atoms with E-state index in [1.165, 1.54) is 12.8 Å². The van der Waals surface area contributed by atoms with Crippen molar-refractivity contribution in [3.8, 4) is 0 Å². The predicted octanol–water partition coefficient (Wildman–Crippen LogP) is 0.447. The fourth-order valence-electron chi connectivity index (χ4n) is 3.02. The maximum absolute atomic E-state index is 12.3. The molecule has 1 aromatic heterocycles. The van der Waals surface area contributed by atoms with Crippen molar-refractivity contribution < 1.29 is 9.53 Å². The summed E-state index contributed by atoms with van der Waals surface area (Å²) in [5, 5.41) is 2.97. The van der Waals surface area contributed by atoms with E-state index in [1.807, 2.05) is 6.92 Å². The van der Waals surface area contributed by atoms with E-state index in [4.69, 9.17) is 4.74 Å². The van der Waals surface area contributed by atoms with Gasteiger partial charge in [0.2, 0.25) is 5.95 Å². The minimum atomic E-state index is -0.0878. The van der Waals surface area contributed by atoms with Gasteiger partial charge in [0.25, 0.3) is 5.91 Å². The van der Waals surface area contributed by atoms with Crippen molar-refractivity contribution in [3.63, 3.8) is 0 Å². The number of rotatable bonds is 5. The van der Waals surface area contributed by atoms with E-state index >= 15 is 0 Å². The van der Waals surface area contributed by atoms with Gasteiger partial charge >= 0.3 is 0 Å². The second-order valence-corrected chi connectivity index (χ2v) is 6.07. The Morgan fingerprint density at radius 2 is 2.00 bits per heavy atom. The second kappa shape index (κ2) is 7.70. The molecular weight excluding hydrogens is 294 g/mol. The molecule has 1 N–H and O–H groups in total. The fraction of sp³-hybridized carbons (Fsp3) is 0.688. The average Bonchev–Trinajstić information content (AvgIpc) is 3.09. The molecule has 0 aliphatic carbocycles. The SMILES string of the molecule is Cc1nc(N2CCOCC2)ncc1C(=O)NCCN1CCCC1. The summed E-state index contributed by atoms with van der Waals surface area (Å²) in [5.74, 6) is 0.592. The summed E-state index contributed by atoms with van der Waals surface area (Å²) >= 11 is 0. The Labute approximate surface area is 137 Å². The normalized spacial score (nSPS) is 19.1. The number of aromatic nitrogens is 2. The Morgan fingerprint density at radius 3 is 2.70 bits per heavy atom. The Balaban J connectivity index is 1.55. The Hall–Kier alpha value is -1.73. The first-order valence-corrected chi connectivity index (χ1v) is 8.41. The van der Waals surface area contributed by atoms with E-state index in [2.05, 4.69) is 25.1 Å². The maximum atomic E-state index is 12.3.